The highest BCUT2D eigenvalue weighted by molar-refractivity contribution is 5.38. The molecule has 116 valence electrons. The molecule has 1 saturated carbocycles. The molecule has 2 aliphatic rings. The van der Waals surface area contributed by atoms with E-state index in [1.165, 1.54) is 12.8 Å². The van der Waals surface area contributed by atoms with Crippen molar-refractivity contribution in [3.8, 4) is 0 Å². The maximum atomic E-state index is 5.63. The van der Waals surface area contributed by atoms with E-state index in [9.17, 15) is 0 Å². The van der Waals surface area contributed by atoms with Crippen molar-refractivity contribution >= 4 is 5.82 Å². The Labute approximate surface area is 127 Å². The van der Waals surface area contributed by atoms with Gasteiger partial charge in [0.25, 0.3) is 0 Å². The highest BCUT2D eigenvalue weighted by Crippen LogP contribution is 2.38. The van der Waals surface area contributed by atoms with Crippen molar-refractivity contribution in [3.05, 3.63) is 18.1 Å². The van der Waals surface area contributed by atoms with Gasteiger partial charge < -0.3 is 9.64 Å². The van der Waals surface area contributed by atoms with Gasteiger partial charge in [-0.05, 0) is 32.8 Å². The van der Waals surface area contributed by atoms with E-state index in [0.29, 0.717) is 12.0 Å². The molecule has 3 rings (SSSR count). The molecule has 1 aromatic heterocycles. The first kappa shape index (κ1) is 14.7. The van der Waals surface area contributed by atoms with Gasteiger partial charge in [0.2, 0.25) is 0 Å². The van der Waals surface area contributed by atoms with E-state index < -0.39 is 0 Å². The van der Waals surface area contributed by atoms with Crippen molar-refractivity contribution in [1.82, 2.24) is 14.9 Å². The number of piperazine rings is 1. The lowest BCUT2D eigenvalue weighted by Crippen LogP contribution is -2.47. The van der Waals surface area contributed by atoms with Crippen molar-refractivity contribution in [2.75, 3.05) is 44.2 Å². The van der Waals surface area contributed by atoms with Crippen LogP contribution < -0.4 is 4.90 Å². The number of aromatic nitrogens is 2. The summed E-state index contributed by atoms with van der Waals surface area (Å²) in [5, 5.41) is 0. The zero-order valence-corrected chi connectivity index (χ0v) is 13.2. The summed E-state index contributed by atoms with van der Waals surface area (Å²) < 4.78 is 5.63. The lowest BCUT2D eigenvalue weighted by atomic mass is 10.3. The molecule has 5 nitrogen and oxygen atoms in total. The molecule has 2 fully saturated rings. The Morgan fingerprint density at radius 1 is 1.24 bits per heavy atom. The predicted molar refractivity (Wildman–Crippen MR) is 83.7 cm³/mol. The monoisotopic (exact) mass is 290 g/mol. The molecule has 21 heavy (non-hydrogen) atoms. The fraction of sp³-hybridized carbons (Fsp3) is 0.750. The zero-order chi connectivity index (χ0) is 14.7. The van der Waals surface area contributed by atoms with Crippen LogP contribution in [-0.2, 0) is 4.74 Å². The maximum absolute atomic E-state index is 5.63. The summed E-state index contributed by atoms with van der Waals surface area (Å²) in [6.07, 6.45) is 4.76. The number of hydrogen-bond donors (Lipinski definition) is 0. The van der Waals surface area contributed by atoms with Gasteiger partial charge in [-0.3, -0.25) is 4.90 Å². The summed E-state index contributed by atoms with van der Waals surface area (Å²) in [6.45, 7) is 10.3. The normalized spacial score (nSPS) is 20.2. The van der Waals surface area contributed by atoms with Gasteiger partial charge in [-0.25, -0.2) is 9.97 Å². The highest BCUT2D eigenvalue weighted by atomic mass is 16.5. The quantitative estimate of drug-likeness (QED) is 0.800. The number of hydrogen-bond acceptors (Lipinski definition) is 5. The van der Waals surface area contributed by atoms with Gasteiger partial charge in [-0.1, -0.05) is 0 Å². The van der Waals surface area contributed by atoms with Crippen LogP contribution in [0.3, 0.4) is 0 Å². The first-order valence-corrected chi connectivity index (χ1v) is 8.14. The Hall–Kier alpha value is -1.20. The van der Waals surface area contributed by atoms with Gasteiger partial charge in [0, 0.05) is 44.8 Å². The summed E-state index contributed by atoms with van der Waals surface area (Å²) in [6, 6.07) is 2.05. The molecule has 1 aliphatic heterocycles. The first-order chi connectivity index (χ1) is 10.2. The van der Waals surface area contributed by atoms with Gasteiger partial charge in [0.05, 0.1) is 12.7 Å². The number of nitrogens with zero attached hydrogens (tertiary/aromatic N) is 4. The van der Waals surface area contributed by atoms with Crippen LogP contribution in [0.1, 0.15) is 38.4 Å². The van der Waals surface area contributed by atoms with Crippen LogP contribution in [0, 0.1) is 0 Å². The molecule has 0 N–H and O–H groups in total. The maximum Gasteiger partial charge on any atom is 0.133 e. The third-order valence-corrected chi connectivity index (χ3v) is 4.16. The lowest BCUT2D eigenvalue weighted by Gasteiger charge is -2.35. The smallest absolute Gasteiger partial charge is 0.133 e. The summed E-state index contributed by atoms with van der Waals surface area (Å²) in [4.78, 5) is 14.0. The molecule has 0 spiro atoms. The third-order valence-electron chi connectivity index (χ3n) is 4.16. The van der Waals surface area contributed by atoms with Crippen LogP contribution in [0.5, 0.6) is 0 Å². The largest absolute Gasteiger partial charge is 0.377 e. The van der Waals surface area contributed by atoms with Gasteiger partial charge >= 0.3 is 0 Å². The fourth-order valence-corrected chi connectivity index (χ4v) is 2.70. The van der Waals surface area contributed by atoms with Crippen molar-refractivity contribution in [2.45, 2.75) is 38.7 Å². The molecular formula is C16H26N4O. The van der Waals surface area contributed by atoms with Gasteiger partial charge in [0.15, 0.2) is 0 Å². The molecule has 0 aromatic carbocycles. The molecule has 0 radical (unpaired) electrons. The van der Waals surface area contributed by atoms with E-state index >= 15 is 0 Å². The summed E-state index contributed by atoms with van der Waals surface area (Å²) in [5.41, 5.74) is 0. The van der Waals surface area contributed by atoms with E-state index in [1.54, 1.807) is 0 Å². The Morgan fingerprint density at radius 2 is 2.00 bits per heavy atom. The summed E-state index contributed by atoms with van der Waals surface area (Å²) in [5.74, 6) is 2.77. The van der Waals surface area contributed by atoms with Crippen molar-refractivity contribution in [3.63, 3.8) is 0 Å². The number of rotatable bonds is 6. The van der Waals surface area contributed by atoms with Crippen LogP contribution in [0.4, 0.5) is 5.82 Å². The second-order valence-corrected chi connectivity index (χ2v) is 6.30. The topological polar surface area (TPSA) is 41.5 Å². The second kappa shape index (κ2) is 6.71. The van der Waals surface area contributed by atoms with Crippen LogP contribution in [0.2, 0.25) is 0 Å². The Kier molecular flexibility index (Phi) is 4.70. The van der Waals surface area contributed by atoms with Crippen molar-refractivity contribution in [1.29, 1.82) is 0 Å². The third kappa shape index (κ3) is 4.14. The molecule has 5 heteroatoms. The highest BCUT2D eigenvalue weighted by Gasteiger charge is 2.27. The minimum absolute atomic E-state index is 0.327. The molecule has 1 saturated heterocycles. The molecule has 0 unspecified atom stereocenters. The summed E-state index contributed by atoms with van der Waals surface area (Å²) >= 11 is 0. The van der Waals surface area contributed by atoms with E-state index in [4.69, 9.17) is 9.72 Å². The minimum Gasteiger partial charge on any atom is -0.377 e. The Morgan fingerprint density at radius 3 is 2.67 bits per heavy atom. The average Bonchev–Trinajstić information content (AvgIpc) is 3.32. The Balaban J connectivity index is 1.47. The van der Waals surface area contributed by atoms with E-state index in [0.717, 1.165) is 51.0 Å². The van der Waals surface area contributed by atoms with Crippen LogP contribution in [-0.4, -0.2) is 60.3 Å². The van der Waals surface area contributed by atoms with Crippen LogP contribution in [0.15, 0.2) is 12.3 Å². The van der Waals surface area contributed by atoms with Gasteiger partial charge in [-0.2, -0.15) is 0 Å². The first-order valence-electron chi connectivity index (χ1n) is 8.14. The molecule has 0 bridgehead atoms. The van der Waals surface area contributed by atoms with Gasteiger partial charge in [-0.15, -0.1) is 0 Å². The second-order valence-electron chi connectivity index (χ2n) is 6.30. The molecular weight excluding hydrogens is 264 g/mol. The Bertz CT molecular complexity index is 453. The van der Waals surface area contributed by atoms with Crippen molar-refractivity contribution < 1.29 is 4.74 Å². The molecule has 2 heterocycles. The van der Waals surface area contributed by atoms with E-state index in [2.05, 4.69) is 28.6 Å². The SMILES string of the molecule is CC(C)OCCN1CCN(c2ccnc(C3CC3)n2)CC1. The van der Waals surface area contributed by atoms with E-state index in [1.807, 2.05) is 12.3 Å². The fourth-order valence-electron chi connectivity index (χ4n) is 2.70. The number of ether oxygens (including phenoxy) is 1. The van der Waals surface area contributed by atoms with Crippen LogP contribution in [0.25, 0.3) is 0 Å². The van der Waals surface area contributed by atoms with Crippen molar-refractivity contribution in [2.24, 2.45) is 0 Å². The lowest BCUT2D eigenvalue weighted by molar-refractivity contribution is 0.0578. The van der Waals surface area contributed by atoms with Gasteiger partial charge in [0.1, 0.15) is 11.6 Å². The molecule has 0 atom stereocenters. The molecule has 1 aliphatic carbocycles. The minimum atomic E-state index is 0.327. The predicted octanol–water partition coefficient (Wildman–Crippen LogP) is 1.90. The van der Waals surface area contributed by atoms with E-state index in [-0.39, 0.29) is 0 Å². The van der Waals surface area contributed by atoms with Crippen LogP contribution >= 0.6 is 0 Å². The number of anilines is 1. The zero-order valence-electron chi connectivity index (χ0n) is 13.2. The standard InChI is InChI=1S/C16H26N4O/c1-13(2)21-12-11-19-7-9-20(10-8-19)15-5-6-17-16(18-15)14-3-4-14/h5-6,13-14H,3-4,7-12H2,1-2H3. The average molecular weight is 290 g/mol. The molecule has 0 amide bonds. The summed E-state index contributed by atoms with van der Waals surface area (Å²) in [7, 11) is 0. The molecule has 1 aromatic rings.